The Bertz CT molecular complexity index is 2060. The second-order valence-corrected chi connectivity index (χ2v) is 14.0. The minimum atomic E-state index is -4.85. The van der Waals surface area contributed by atoms with Crippen molar-refractivity contribution in [2.45, 2.75) is 63.4 Å². The van der Waals surface area contributed by atoms with E-state index in [0.29, 0.717) is 49.8 Å². The van der Waals surface area contributed by atoms with Crippen molar-refractivity contribution in [3.8, 4) is 11.8 Å². The molecule has 3 heterocycles. The number of alkyl halides is 3. The number of carbonyl (C=O) groups excluding carboxylic acids is 4. The van der Waals surface area contributed by atoms with Crippen molar-refractivity contribution in [3.63, 3.8) is 0 Å². The number of likely N-dealkylation sites (tertiary alicyclic amines) is 1. The molecule has 0 aromatic heterocycles. The predicted octanol–water partition coefficient (Wildman–Crippen LogP) is 5.33. The summed E-state index contributed by atoms with van der Waals surface area (Å²) in [5.74, 6) is -2.35. The first kappa shape index (κ1) is 38.1. The summed E-state index contributed by atoms with van der Waals surface area (Å²) < 4.78 is 62.5. The first-order valence-electron chi connectivity index (χ1n) is 17.0. The van der Waals surface area contributed by atoms with Gasteiger partial charge >= 0.3 is 6.18 Å². The molecule has 3 aromatic rings. The number of rotatable bonds is 9. The van der Waals surface area contributed by atoms with Crippen LogP contribution in [0.4, 0.5) is 40.3 Å². The van der Waals surface area contributed by atoms with Gasteiger partial charge in [-0.25, -0.2) is 4.39 Å². The Morgan fingerprint density at radius 1 is 1.02 bits per heavy atom. The van der Waals surface area contributed by atoms with Crippen LogP contribution in [0, 0.1) is 17.1 Å². The zero-order chi connectivity index (χ0) is 38.9. The van der Waals surface area contributed by atoms with Crippen molar-refractivity contribution in [2.75, 3.05) is 40.1 Å². The minimum Gasteiger partial charge on any atom is -0.487 e. The Labute approximate surface area is 313 Å². The monoisotopic (exact) mass is 765 g/mol. The molecule has 3 aliphatic heterocycles. The molecule has 3 fully saturated rings. The highest BCUT2D eigenvalue weighted by atomic mass is 32.1. The summed E-state index contributed by atoms with van der Waals surface area (Å²) in [4.78, 5) is 54.1. The minimum absolute atomic E-state index is 0.0336. The fourth-order valence-electron chi connectivity index (χ4n) is 6.67. The lowest BCUT2D eigenvalue weighted by Gasteiger charge is -2.32. The van der Waals surface area contributed by atoms with E-state index in [4.69, 9.17) is 22.2 Å². The molecule has 3 saturated heterocycles. The van der Waals surface area contributed by atoms with E-state index in [2.05, 4.69) is 16.0 Å². The summed E-state index contributed by atoms with van der Waals surface area (Å²) in [5.41, 5.74) is -2.04. The number of amides is 4. The van der Waals surface area contributed by atoms with E-state index in [0.717, 1.165) is 17.0 Å². The Balaban J connectivity index is 1.03. The van der Waals surface area contributed by atoms with Gasteiger partial charge in [-0.05, 0) is 93.9 Å². The first-order chi connectivity index (χ1) is 25.5. The number of imide groups is 1. The molecular weight excluding hydrogens is 731 g/mol. The third-order valence-electron chi connectivity index (χ3n) is 9.45. The fraction of sp³-hybridized carbons (Fsp3) is 0.351. The predicted molar refractivity (Wildman–Crippen MR) is 194 cm³/mol. The second kappa shape index (κ2) is 15.0. The van der Waals surface area contributed by atoms with Gasteiger partial charge in [-0.1, -0.05) is 6.07 Å². The Kier molecular flexibility index (Phi) is 10.6. The number of hydrogen-bond acceptors (Lipinski definition) is 9. The highest BCUT2D eigenvalue weighted by molar-refractivity contribution is 7.81. The molecule has 282 valence electrons. The summed E-state index contributed by atoms with van der Waals surface area (Å²) in [7, 11) is 0. The van der Waals surface area contributed by atoms with Crippen molar-refractivity contribution in [2.24, 2.45) is 0 Å². The molecule has 17 heteroatoms. The molecule has 1 atom stereocenters. The number of nitrogens with zero attached hydrogens (tertiary/aromatic N) is 4. The Morgan fingerprint density at radius 3 is 2.39 bits per heavy atom. The van der Waals surface area contributed by atoms with E-state index in [-0.39, 0.29) is 53.1 Å². The van der Waals surface area contributed by atoms with Crippen LogP contribution in [0.2, 0.25) is 0 Å². The van der Waals surface area contributed by atoms with Crippen LogP contribution >= 0.6 is 12.2 Å². The molecule has 0 aliphatic carbocycles. The van der Waals surface area contributed by atoms with E-state index in [1.807, 2.05) is 4.90 Å². The summed E-state index contributed by atoms with van der Waals surface area (Å²) in [6.07, 6.45) is -3.57. The lowest BCUT2D eigenvalue weighted by molar-refractivity contribution is -0.138. The molecule has 54 heavy (non-hydrogen) atoms. The topological polar surface area (TPSA) is 147 Å². The number of benzene rings is 3. The Hall–Kier alpha value is -5.60. The molecule has 1 unspecified atom stereocenters. The average Bonchev–Trinajstić information content (AvgIpc) is 3.29. The molecule has 3 aromatic carbocycles. The number of halogens is 4. The van der Waals surface area contributed by atoms with E-state index < -0.39 is 46.5 Å². The number of nitriles is 1. The molecule has 6 rings (SSSR count). The number of carbonyl (C=O) groups is 4. The van der Waals surface area contributed by atoms with E-state index in [1.165, 1.54) is 43.0 Å². The second-order valence-electron chi connectivity index (χ2n) is 13.6. The van der Waals surface area contributed by atoms with Crippen molar-refractivity contribution in [3.05, 3.63) is 77.6 Å². The molecule has 3 aliphatic rings. The van der Waals surface area contributed by atoms with Gasteiger partial charge in [0.15, 0.2) is 16.7 Å². The van der Waals surface area contributed by atoms with E-state index in [1.54, 1.807) is 24.3 Å². The highest BCUT2D eigenvalue weighted by Crippen LogP contribution is 2.40. The Morgan fingerprint density at radius 2 is 1.72 bits per heavy atom. The molecule has 0 bridgehead atoms. The first-order valence-corrected chi connectivity index (χ1v) is 17.4. The number of thiocarbonyl (C=S) groups is 1. The lowest BCUT2D eigenvalue weighted by atomic mass is 10.0. The van der Waals surface area contributed by atoms with Gasteiger partial charge in [-0.15, -0.1) is 0 Å². The molecule has 3 N–H and O–H groups in total. The third-order valence-corrected chi connectivity index (χ3v) is 9.82. The molecule has 4 amide bonds. The van der Waals surface area contributed by atoms with Crippen LogP contribution in [0.25, 0.3) is 0 Å². The van der Waals surface area contributed by atoms with Crippen LogP contribution < -0.4 is 30.5 Å². The van der Waals surface area contributed by atoms with Gasteiger partial charge in [-0.2, -0.15) is 18.4 Å². The van der Waals surface area contributed by atoms with Gasteiger partial charge in [-0.3, -0.25) is 34.3 Å². The van der Waals surface area contributed by atoms with Gasteiger partial charge in [0, 0.05) is 42.6 Å². The molecule has 0 radical (unpaired) electrons. The molecule has 12 nitrogen and oxygen atoms in total. The van der Waals surface area contributed by atoms with Crippen LogP contribution in [0.3, 0.4) is 0 Å². The van der Waals surface area contributed by atoms with Crippen molar-refractivity contribution < 1.29 is 41.5 Å². The maximum absolute atomic E-state index is 15.5. The van der Waals surface area contributed by atoms with E-state index in [9.17, 15) is 32.3 Å². The standard InChI is InChI=1S/C37H35F4N7O5S/c1-36(2)34(52)47(24-7-6-21(19-42)27(17-24)37(39,40)41)35(54)48(36)25-8-10-30(28(38)18-25)53-26-12-14-46(15-13-26)20-32(50)44-23-5-3-4-22(16-23)43-29-9-11-31(49)45-33(29)51/h3-8,10,16-18,26,29,43H,9,11-15,20H2,1-2H3,(H,44,50)(H,45,49,51). The van der Waals surface area contributed by atoms with Crippen LogP contribution in [-0.2, 0) is 25.4 Å². The number of hydrogen-bond donors (Lipinski definition) is 3. The van der Waals surface area contributed by atoms with Crippen LogP contribution in [-0.4, -0.2) is 71.0 Å². The summed E-state index contributed by atoms with van der Waals surface area (Å²) >= 11 is 5.55. The summed E-state index contributed by atoms with van der Waals surface area (Å²) in [6.45, 7) is 4.17. The quantitative estimate of drug-likeness (QED) is 0.148. The molecule has 0 saturated carbocycles. The van der Waals surface area contributed by atoms with Gasteiger partial charge in [0.05, 0.1) is 29.4 Å². The van der Waals surface area contributed by atoms with Crippen LogP contribution in [0.1, 0.15) is 50.7 Å². The van der Waals surface area contributed by atoms with Crippen molar-refractivity contribution in [1.82, 2.24) is 10.2 Å². The number of ether oxygens (including phenoxy) is 1. The van der Waals surface area contributed by atoms with Crippen molar-refractivity contribution >= 4 is 63.7 Å². The largest absolute Gasteiger partial charge is 0.487 e. The average molecular weight is 766 g/mol. The lowest BCUT2D eigenvalue weighted by Crippen LogP contribution is -2.47. The third kappa shape index (κ3) is 7.99. The zero-order valence-electron chi connectivity index (χ0n) is 29.1. The summed E-state index contributed by atoms with van der Waals surface area (Å²) in [5, 5.41) is 17.2. The SMILES string of the molecule is CC1(C)C(=O)N(c2ccc(C#N)c(C(F)(F)F)c2)C(=S)N1c1ccc(OC2CCN(CC(=O)Nc3cccc(NC4CCC(=O)NC4=O)c3)CC2)c(F)c1. The number of anilines is 4. The van der Waals surface area contributed by atoms with E-state index >= 15 is 4.39 Å². The normalized spacial score (nSPS) is 19.4. The van der Waals surface area contributed by atoms with Gasteiger partial charge in [0.1, 0.15) is 17.7 Å². The fourth-order valence-corrected chi connectivity index (χ4v) is 7.19. The molecule has 0 spiro atoms. The van der Waals surface area contributed by atoms with Crippen molar-refractivity contribution in [1.29, 1.82) is 5.26 Å². The zero-order valence-corrected chi connectivity index (χ0v) is 29.9. The van der Waals surface area contributed by atoms with Gasteiger partial charge in [0.2, 0.25) is 17.7 Å². The summed E-state index contributed by atoms with van der Waals surface area (Å²) in [6, 6.07) is 14.8. The van der Waals surface area contributed by atoms with Crippen LogP contribution in [0.5, 0.6) is 5.75 Å². The molecular formula is C37H35F4N7O5S. The maximum Gasteiger partial charge on any atom is 0.417 e. The smallest absolute Gasteiger partial charge is 0.417 e. The van der Waals surface area contributed by atoms with Gasteiger partial charge in [0.25, 0.3) is 5.91 Å². The maximum atomic E-state index is 15.5. The number of nitrogens with one attached hydrogen (secondary N) is 3. The highest BCUT2D eigenvalue weighted by Gasteiger charge is 2.51. The van der Waals surface area contributed by atoms with Gasteiger partial charge < -0.3 is 20.3 Å². The number of piperidine rings is 2. The van der Waals surface area contributed by atoms with Crippen LogP contribution in [0.15, 0.2) is 60.7 Å².